The number of hydrogen-bond acceptors (Lipinski definition) is 3. The van der Waals surface area contributed by atoms with Crippen molar-refractivity contribution in [2.45, 2.75) is 6.92 Å². The fourth-order valence-electron chi connectivity index (χ4n) is 2.08. The van der Waals surface area contributed by atoms with Crippen molar-refractivity contribution < 1.29 is 0 Å². The van der Waals surface area contributed by atoms with Gasteiger partial charge in [0, 0.05) is 16.6 Å². The number of nitrogens with zero attached hydrogens (tertiary/aromatic N) is 1. The highest BCUT2D eigenvalue weighted by Gasteiger charge is 2.03. The molecule has 0 bridgehead atoms. The molecule has 1 aromatic heterocycles. The molecule has 0 saturated carbocycles. The highest BCUT2D eigenvalue weighted by Crippen LogP contribution is 2.24. The summed E-state index contributed by atoms with van der Waals surface area (Å²) in [5, 5.41) is 1.71. The SMILES string of the molecule is Cc1ccccc1NNc1ccnc2cc(Cl)ccc12. The van der Waals surface area contributed by atoms with Crippen LogP contribution in [-0.2, 0) is 0 Å². The van der Waals surface area contributed by atoms with E-state index in [-0.39, 0.29) is 0 Å². The van der Waals surface area contributed by atoms with E-state index in [4.69, 9.17) is 11.6 Å². The van der Waals surface area contributed by atoms with Crippen molar-refractivity contribution in [2.75, 3.05) is 10.9 Å². The molecule has 100 valence electrons. The Bertz CT molecular complexity index is 756. The molecule has 0 radical (unpaired) electrons. The molecular weight excluding hydrogens is 270 g/mol. The Balaban J connectivity index is 1.90. The number of hydrogen-bond donors (Lipinski definition) is 2. The lowest BCUT2D eigenvalue weighted by Crippen LogP contribution is -2.10. The minimum atomic E-state index is 0.689. The predicted octanol–water partition coefficient (Wildman–Crippen LogP) is 4.64. The molecule has 1 heterocycles. The molecule has 0 amide bonds. The van der Waals surface area contributed by atoms with Gasteiger partial charge in [0.2, 0.25) is 0 Å². The second-order valence-corrected chi connectivity index (χ2v) is 5.02. The van der Waals surface area contributed by atoms with Crippen LogP contribution >= 0.6 is 11.6 Å². The molecule has 0 aliphatic heterocycles. The van der Waals surface area contributed by atoms with Gasteiger partial charge < -0.3 is 10.9 Å². The summed E-state index contributed by atoms with van der Waals surface area (Å²) in [5.41, 5.74) is 10.5. The van der Waals surface area contributed by atoms with Crippen LogP contribution in [0.15, 0.2) is 54.7 Å². The largest absolute Gasteiger partial charge is 0.301 e. The zero-order valence-electron chi connectivity index (χ0n) is 11.0. The topological polar surface area (TPSA) is 37.0 Å². The Kier molecular flexibility index (Phi) is 3.44. The number of fused-ring (bicyclic) bond motifs is 1. The number of aromatic nitrogens is 1. The summed E-state index contributed by atoms with van der Waals surface area (Å²) in [4.78, 5) is 4.32. The lowest BCUT2D eigenvalue weighted by Gasteiger charge is -2.13. The lowest BCUT2D eigenvalue weighted by molar-refractivity contribution is 1.35. The van der Waals surface area contributed by atoms with Gasteiger partial charge in [-0.15, -0.1) is 0 Å². The average Bonchev–Trinajstić information content (AvgIpc) is 2.46. The maximum atomic E-state index is 5.99. The van der Waals surface area contributed by atoms with E-state index >= 15 is 0 Å². The zero-order chi connectivity index (χ0) is 13.9. The molecule has 0 saturated heterocycles. The number of pyridine rings is 1. The first kappa shape index (κ1) is 12.8. The average molecular weight is 284 g/mol. The van der Waals surface area contributed by atoms with Crippen molar-refractivity contribution in [1.82, 2.24) is 4.98 Å². The second kappa shape index (κ2) is 5.39. The number of para-hydroxylation sites is 1. The Hall–Kier alpha value is -2.26. The summed E-state index contributed by atoms with van der Waals surface area (Å²) in [6.07, 6.45) is 1.76. The van der Waals surface area contributed by atoms with Crippen molar-refractivity contribution in [3.63, 3.8) is 0 Å². The minimum absolute atomic E-state index is 0.689. The van der Waals surface area contributed by atoms with Crippen LogP contribution in [0, 0.1) is 6.92 Å². The van der Waals surface area contributed by atoms with Crippen LogP contribution in [-0.4, -0.2) is 4.98 Å². The molecule has 3 aromatic rings. The molecule has 0 spiro atoms. The number of hydrazine groups is 1. The van der Waals surface area contributed by atoms with Gasteiger partial charge in [-0.05, 0) is 42.8 Å². The lowest BCUT2D eigenvalue weighted by atomic mass is 10.2. The van der Waals surface area contributed by atoms with E-state index < -0.39 is 0 Å². The van der Waals surface area contributed by atoms with Crippen LogP contribution in [0.25, 0.3) is 10.9 Å². The van der Waals surface area contributed by atoms with Crippen LogP contribution in [0.4, 0.5) is 11.4 Å². The van der Waals surface area contributed by atoms with Crippen molar-refractivity contribution in [3.8, 4) is 0 Å². The first-order valence-corrected chi connectivity index (χ1v) is 6.74. The van der Waals surface area contributed by atoms with E-state index in [1.165, 1.54) is 5.56 Å². The van der Waals surface area contributed by atoms with Gasteiger partial charge in [-0.3, -0.25) is 4.98 Å². The Morgan fingerprint density at radius 2 is 1.75 bits per heavy atom. The molecule has 2 N–H and O–H groups in total. The van der Waals surface area contributed by atoms with E-state index in [0.29, 0.717) is 5.02 Å². The molecule has 20 heavy (non-hydrogen) atoms. The maximum Gasteiger partial charge on any atom is 0.0738 e. The van der Waals surface area contributed by atoms with Gasteiger partial charge in [-0.25, -0.2) is 0 Å². The number of rotatable bonds is 3. The Labute approximate surface area is 122 Å². The maximum absolute atomic E-state index is 5.99. The Morgan fingerprint density at radius 1 is 0.950 bits per heavy atom. The summed E-state index contributed by atoms with van der Waals surface area (Å²) in [6, 6.07) is 15.7. The molecule has 3 nitrogen and oxygen atoms in total. The van der Waals surface area contributed by atoms with Crippen molar-refractivity contribution in [2.24, 2.45) is 0 Å². The quantitative estimate of drug-likeness (QED) is 0.688. The fraction of sp³-hybridized carbons (Fsp3) is 0.0625. The van der Waals surface area contributed by atoms with Crippen LogP contribution in [0.1, 0.15) is 5.56 Å². The first-order valence-electron chi connectivity index (χ1n) is 6.36. The molecule has 4 heteroatoms. The normalized spacial score (nSPS) is 10.5. The molecule has 0 aliphatic rings. The van der Waals surface area contributed by atoms with Crippen molar-refractivity contribution in [1.29, 1.82) is 0 Å². The first-order chi connectivity index (χ1) is 9.74. The predicted molar refractivity (Wildman–Crippen MR) is 85.2 cm³/mol. The van der Waals surface area contributed by atoms with Gasteiger partial charge in [0.15, 0.2) is 0 Å². The third-order valence-electron chi connectivity index (χ3n) is 3.18. The molecule has 0 fully saturated rings. The summed E-state index contributed by atoms with van der Waals surface area (Å²) in [7, 11) is 0. The molecule has 0 aliphatic carbocycles. The van der Waals surface area contributed by atoms with Gasteiger partial charge in [0.05, 0.1) is 16.9 Å². The van der Waals surface area contributed by atoms with E-state index in [1.807, 2.05) is 42.5 Å². The van der Waals surface area contributed by atoms with E-state index in [0.717, 1.165) is 22.3 Å². The zero-order valence-corrected chi connectivity index (χ0v) is 11.8. The highest BCUT2D eigenvalue weighted by atomic mass is 35.5. The van der Waals surface area contributed by atoms with E-state index in [2.05, 4.69) is 28.8 Å². The smallest absolute Gasteiger partial charge is 0.0738 e. The highest BCUT2D eigenvalue weighted by molar-refractivity contribution is 6.31. The summed E-state index contributed by atoms with van der Waals surface area (Å²) >= 11 is 5.99. The van der Waals surface area contributed by atoms with Crippen LogP contribution in [0.3, 0.4) is 0 Å². The second-order valence-electron chi connectivity index (χ2n) is 4.58. The standard InChI is InChI=1S/C16H14ClN3/c1-11-4-2-3-5-14(11)19-20-15-8-9-18-16-10-12(17)6-7-13(15)16/h2-10,19H,1H3,(H,18,20). The van der Waals surface area contributed by atoms with Crippen LogP contribution in [0.2, 0.25) is 5.02 Å². The monoisotopic (exact) mass is 283 g/mol. The Morgan fingerprint density at radius 3 is 2.60 bits per heavy atom. The summed E-state index contributed by atoms with van der Waals surface area (Å²) in [6.45, 7) is 2.06. The van der Waals surface area contributed by atoms with Gasteiger partial charge in [-0.2, -0.15) is 0 Å². The number of nitrogens with one attached hydrogen (secondary N) is 2. The van der Waals surface area contributed by atoms with Gasteiger partial charge >= 0.3 is 0 Å². The third kappa shape index (κ3) is 2.53. The molecular formula is C16H14ClN3. The van der Waals surface area contributed by atoms with E-state index in [1.54, 1.807) is 6.20 Å². The number of benzene rings is 2. The number of aryl methyl sites for hydroxylation is 1. The molecule has 0 atom stereocenters. The van der Waals surface area contributed by atoms with Gasteiger partial charge in [-0.1, -0.05) is 29.8 Å². The van der Waals surface area contributed by atoms with Crippen LogP contribution < -0.4 is 10.9 Å². The number of halogens is 1. The fourth-order valence-corrected chi connectivity index (χ4v) is 2.24. The summed E-state index contributed by atoms with van der Waals surface area (Å²) in [5.74, 6) is 0. The minimum Gasteiger partial charge on any atom is -0.301 e. The molecule has 3 rings (SSSR count). The van der Waals surface area contributed by atoms with Crippen molar-refractivity contribution in [3.05, 3.63) is 65.3 Å². The van der Waals surface area contributed by atoms with Crippen LogP contribution in [0.5, 0.6) is 0 Å². The summed E-state index contributed by atoms with van der Waals surface area (Å²) < 4.78 is 0. The number of anilines is 2. The molecule has 2 aromatic carbocycles. The van der Waals surface area contributed by atoms with Crippen molar-refractivity contribution >= 4 is 33.9 Å². The van der Waals surface area contributed by atoms with Gasteiger partial charge in [0.1, 0.15) is 0 Å². The third-order valence-corrected chi connectivity index (χ3v) is 3.42. The van der Waals surface area contributed by atoms with Gasteiger partial charge in [0.25, 0.3) is 0 Å². The van der Waals surface area contributed by atoms with E-state index in [9.17, 15) is 0 Å². The molecule has 0 unspecified atom stereocenters.